The van der Waals surface area contributed by atoms with Crippen molar-refractivity contribution in [3.63, 3.8) is 0 Å². The molecule has 0 aliphatic carbocycles. The number of rotatable bonds is 6. The Balaban J connectivity index is 1.72. The van der Waals surface area contributed by atoms with Gasteiger partial charge in [0.25, 0.3) is 0 Å². The predicted octanol–water partition coefficient (Wildman–Crippen LogP) is 5.93. The number of urea groups is 1. The van der Waals surface area contributed by atoms with Crippen LogP contribution in [0.4, 0.5) is 10.5 Å². The first-order valence-electron chi connectivity index (χ1n) is 9.02. The van der Waals surface area contributed by atoms with Crippen LogP contribution in [-0.4, -0.2) is 17.5 Å². The molecule has 0 spiro atoms. The van der Waals surface area contributed by atoms with Gasteiger partial charge in [0.2, 0.25) is 0 Å². The summed E-state index contributed by atoms with van der Waals surface area (Å²) in [7, 11) is 0. The van der Waals surface area contributed by atoms with Crippen molar-refractivity contribution in [3.8, 4) is 0 Å². The number of anilines is 1. The Kier molecular flexibility index (Phi) is 6.50. The number of hydrogen-bond acceptors (Lipinski definition) is 1. The molecular formula is C23H23ClN2O. The van der Waals surface area contributed by atoms with Crippen LogP contribution in [0.5, 0.6) is 0 Å². The SMILES string of the molecule is Cc1ccc(NC(=O)N(CCc2ccccc2)Cc2ccccc2)cc1Cl. The van der Waals surface area contributed by atoms with E-state index in [1.807, 2.05) is 72.5 Å². The molecule has 138 valence electrons. The maximum Gasteiger partial charge on any atom is 0.322 e. The summed E-state index contributed by atoms with van der Waals surface area (Å²) >= 11 is 6.18. The van der Waals surface area contributed by atoms with Gasteiger partial charge in [-0.25, -0.2) is 4.79 Å². The molecule has 3 rings (SSSR count). The lowest BCUT2D eigenvalue weighted by Gasteiger charge is -2.23. The van der Waals surface area contributed by atoms with E-state index in [4.69, 9.17) is 11.6 Å². The van der Waals surface area contributed by atoms with E-state index >= 15 is 0 Å². The average molecular weight is 379 g/mol. The van der Waals surface area contributed by atoms with E-state index in [1.165, 1.54) is 5.56 Å². The Bertz CT molecular complexity index is 881. The van der Waals surface area contributed by atoms with Gasteiger partial charge in [0, 0.05) is 23.8 Å². The molecule has 0 saturated heterocycles. The molecule has 3 aromatic rings. The molecule has 0 unspecified atom stereocenters. The van der Waals surface area contributed by atoms with Crippen molar-refractivity contribution >= 4 is 23.3 Å². The maximum atomic E-state index is 12.9. The number of carbonyl (C=O) groups is 1. The first-order chi connectivity index (χ1) is 13.1. The lowest BCUT2D eigenvalue weighted by Crippen LogP contribution is -2.36. The zero-order chi connectivity index (χ0) is 19.1. The van der Waals surface area contributed by atoms with Crippen LogP contribution in [-0.2, 0) is 13.0 Å². The number of carbonyl (C=O) groups excluding carboxylic acids is 1. The molecule has 0 radical (unpaired) electrons. The third-order valence-electron chi connectivity index (χ3n) is 4.44. The zero-order valence-electron chi connectivity index (χ0n) is 15.4. The third kappa shape index (κ3) is 5.60. The highest BCUT2D eigenvalue weighted by Gasteiger charge is 2.15. The van der Waals surface area contributed by atoms with Crippen LogP contribution >= 0.6 is 11.6 Å². The fourth-order valence-corrected chi connectivity index (χ4v) is 3.02. The Morgan fingerprint density at radius 2 is 1.56 bits per heavy atom. The summed E-state index contributed by atoms with van der Waals surface area (Å²) in [5.74, 6) is 0. The molecule has 0 aliphatic rings. The zero-order valence-corrected chi connectivity index (χ0v) is 16.1. The minimum absolute atomic E-state index is 0.130. The molecule has 0 aromatic heterocycles. The first-order valence-corrected chi connectivity index (χ1v) is 9.39. The number of hydrogen-bond donors (Lipinski definition) is 1. The minimum atomic E-state index is -0.130. The smallest absolute Gasteiger partial charge is 0.320 e. The lowest BCUT2D eigenvalue weighted by atomic mass is 10.1. The summed E-state index contributed by atoms with van der Waals surface area (Å²) in [6.07, 6.45) is 0.801. The quantitative estimate of drug-likeness (QED) is 0.566. The summed E-state index contributed by atoms with van der Waals surface area (Å²) in [5.41, 5.74) is 4.00. The normalized spacial score (nSPS) is 10.4. The Labute approximate surface area is 165 Å². The van der Waals surface area contributed by atoms with Crippen molar-refractivity contribution in [2.24, 2.45) is 0 Å². The highest BCUT2D eigenvalue weighted by Crippen LogP contribution is 2.20. The highest BCUT2D eigenvalue weighted by atomic mass is 35.5. The number of nitrogens with one attached hydrogen (secondary N) is 1. The van der Waals surface area contributed by atoms with Crippen molar-refractivity contribution in [1.29, 1.82) is 0 Å². The number of aryl methyl sites for hydroxylation is 1. The van der Waals surface area contributed by atoms with Gasteiger partial charge in [0.1, 0.15) is 0 Å². The average Bonchev–Trinajstić information content (AvgIpc) is 2.69. The minimum Gasteiger partial charge on any atom is -0.320 e. The monoisotopic (exact) mass is 378 g/mol. The molecule has 27 heavy (non-hydrogen) atoms. The molecule has 3 nitrogen and oxygen atoms in total. The number of amides is 2. The van der Waals surface area contributed by atoms with Gasteiger partial charge in [-0.2, -0.15) is 0 Å². The fourth-order valence-electron chi connectivity index (χ4n) is 2.84. The maximum absolute atomic E-state index is 12.9. The number of halogens is 1. The summed E-state index contributed by atoms with van der Waals surface area (Å²) in [6, 6.07) is 25.7. The molecule has 0 atom stereocenters. The van der Waals surface area contributed by atoms with E-state index in [0.717, 1.165) is 17.5 Å². The lowest BCUT2D eigenvalue weighted by molar-refractivity contribution is 0.210. The molecule has 4 heteroatoms. The van der Waals surface area contributed by atoms with E-state index in [2.05, 4.69) is 17.4 Å². The van der Waals surface area contributed by atoms with Crippen molar-refractivity contribution in [2.45, 2.75) is 19.9 Å². The van der Waals surface area contributed by atoms with E-state index in [9.17, 15) is 4.79 Å². The summed E-state index contributed by atoms with van der Waals surface area (Å²) in [5, 5.41) is 3.61. The van der Waals surface area contributed by atoms with Crippen LogP contribution in [0.1, 0.15) is 16.7 Å². The van der Waals surface area contributed by atoms with Crippen LogP contribution in [0.25, 0.3) is 0 Å². The van der Waals surface area contributed by atoms with Crippen LogP contribution in [0.3, 0.4) is 0 Å². The second-order valence-corrected chi connectivity index (χ2v) is 6.94. The van der Waals surface area contributed by atoms with E-state index in [-0.39, 0.29) is 6.03 Å². The van der Waals surface area contributed by atoms with Gasteiger partial charge in [0.15, 0.2) is 0 Å². The third-order valence-corrected chi connectivity index (χ3v) is 4.85. The molecule has 1 N–H and O–H groups in total. The summed E-state index contributed by atoms with van der Waals surface area (Å²) in [4.78, 5) is 14.7. The van der Waals surface area contributed by atoms with Crippen LogP contribution in [0, 0.1) is 6.92 Å². The second-order valence-electron chi connectivity index (χ2n) is 6.54. The number of benzene rings is 3. The number of nitrogens with zero attached hydrogens (tertiary/aromatic N) is 1. The van der Waals surface area contributed by atoms with E-state index in [0.29, 0.717) is 23.8 Å². The molecule has 0 bridgehead atoms. The van der Waals surface area contributed by atoms with Gasteiger partial charge in [0.05, 0.1) is 0 Å². The van der Waals surface area contributed by atoms with E-state index in [1.54, 1.807) is 6.07 Å². The summed E-state index contributed by atoms with van der Waals surface area (Å²) < 4.78 is 0. The van der Waals surface area contributed by atoms with Gasteiger partial charge in [-0.3, -0.25) is 0 Å². The first kappa shape index (κ1) is 19.0. The fraction of sp³-hybridized carbons (Fsp3) is 0.174. The molecule has 0 heterocycles. The molecule has 0 fully saturated rings. The Hall–Kier alpha value is -2.78. The standard InChI is InChI=1S/C23H23ClN2O/c1-18-12-13-21(16-22(18)24)25-23(27)26(17-20-10-6-3-7-11-20)15-14-19-8-4-2-5-9-19/h2-13,16H,14-15,17H2,1H3,(H,25,27). The largest absolute Gasteiger partial charge is 0.322 e. The molecule has 0 aliphatic heterocycles. The van der Waals surface area contributed by atoms with Gasteiger partial charge in [-0.1, -0.05) is 78.3 Å². The van der Waals surface area contributed by atoms with Gasteiger partial charge >= 0.3 is 6.03 Å². The van der Waals surface area contributed by atoms with Crippen LogP contribution in [0.15, 0.2) is 78.9 Å². The Morgan fingerprint density at radius 3 is 2.19 bits per heavy atom. The van der Waals surface area contributed by atoms with Crippen LogP contribution in [0.2, 0.25) is 5.02 Å². The van der Waals surface area contributed by atoms with Gasteiger partial charge < -0.3 is 10.2 Å². The van der Waals surface area contributed by atoms with Crippen molar-refractivity contribution in [1.82, 2.24) is 4.90 Å². The molecule has 2 amide bonds. The van der Waals surface area contributed by atoms with E-state index < -0.39 is 0 Å². The topological polar surface area (TPSA) is 32.3 Å². The predicted molar refractivity (Wildman–Crippen MR) is 112 cm³/mol. The van der Waals surface area contributed by atoms with Crippen LogP contribution < -0.4 is 5.32 Å². The van der Waals surface area contributed by atoms with Crippen molar-refractivity contribution < 1.29 is 4.79 Å². The second kappa shape index (κ2) is 9.24. The Morgan fingerprint density at radius 1 is 0.926 bits per heavy atom. The van der Waals surface area contributed by atoms with Gasteiger partial charge in [-0.15, -0.1) is 0 Å². The van der Waals surface area contributed by atoms with Gasteiger partial charge in [-0.05, 0) is 42.2 Å². The molecule has 0 saturated carbocycles. The van der Waals surface area contributed by atoms with Crippen molar-refractivity contribution in [3.05, 3.63) is 101 Å². The molecule has 3 aromatic carbocycles. The highest BCUT2D eigenvalue weighted by molar-refractivity contribution is 6.31. The molecular weight excluding hydrogens is 356 g/mol. The van der Waals surface area contributed by atoms with Crippen molar-refractivity contribution in [2.75, 3.05) is 11.9 Å². The summed E-state index contributed by atoms with van der Waals surface area (Å²) in [6.45, 7) is 3.12.